The summed E-state index contributed by atoms with van der Waals surface area (Å²) in [4.78, 5) is 11.9. The van der Waals surface area contributed by atoms with E-state index in [0.717, 1.165) is 31.5 Å². The van der Waals surface area contributed by atoms with Gasteiger partial charge in [0.05, 0.1) is 0 Å². The number of ketones is 1. The van der Waals surface area contributed by atoms with Gasteiger partial charge in [-0.15, -0.1) is 0 Å². The van der Waals surface area contributed by atoms with Gasteiger partial charge in [0, 0.05) is 17.9 Å². The fourth-order valence-corrected chi connectivity index (χ4v) is 2.57. The van der Waals surface area contributed by atoms with Crippen LogP contribution >= 0.6 is 11.6 Å². The molecule has 0 unspecified atom stereocenters. The third-order valence-corrected chi connectivity index (χ3v) is 3.50. The summed E-state index contributed by atoms with van der Waals surface area (Å²) in [6.07, 6.45) is 3.49. The number of halogens is 1. The first-order valence-corrected chi connectivity index (χ1v) is 6.58. The SMILES string of the molecule is O=C(Cc1cccc(Cl)c1)CC1CCNCC1. The van der Waals surface area contributed by atoms with Gasteiger partial charge >= 0.3 is 0 Å². The average molecular weight is 252 g/mol. The second-order valence-electron chi connectivity index (χ2n) is 4.74. The third-order valence-electron chi connectivity index (χ3n) is 3.27. The predicted octanol–water partition coefficient (Wildman–Crippen LogP) is 2.84. The zero-order chi connectivity index (χ0) is 12.1. The third kappa shape index (κ3) is 4.14. The second-order valence-corrected chi connectivity index (χ2v) is 5.18. The summed E-state index contributed by atoms with van der Waals surface area (Å²) in [5.41, 5.74) is 1.02. The molecule has 1 heterocycles. The largest absolute Gasteiger partial charge is 0.317 e. The van der Waals surface area contributed by atoms with Crippen molar-refractivity contribution in [1.29, 1.82) is 0 Å². The number of hydrogen-bond donors (Lipinski definition) is 1. The van der Waals surface area contributed by atoms with E-state index in [-0.39, 0.29) is 0 Å². The highest BCUT2D eigenvalue weighted by Gasteiger charge is 2.16. The molecule has 0 spiro atoms. The van der Waals surface area contributed by atoms with Gasteiger partial charge in [-0.2, -0.15) is 0 Å². The molecular weight excluding hydrogens is 234 g/mol. The van der Waals surface area contributed by atoms with E-state index in [4.69, 9.17) is 11.6 Å². The van der Waals surface area contributed by atoms with E-state index in [1.807, 2.05) is 24.3 Å². The Morgan fingerprint density at radius 2 is 2.12 bits per heavy atom. The van der Waals surface area contributed by atoms with Crippen LogP contribution in [0.5, 0.6) is 0 Å². The molecule has 17 heavy (non-hydrogen) atoms. The van der Waals surface area contributed by atoms with Crippen LogP contribution in [0.4, 0.5) is 0 Å². The molecular formula is C14H18ClNO. The van der Waals surface area contributed by atoms with Crippen molar-refractivity contribution >= 4 is 17.4 Å². The standard InChI is InChI=1S/C14H18ClNO/c15-13-3-1-2-12(8-13)10-14(17)9-11-4-6-16-7-5-11/h1-3,8,11,16H,4-7,9-10H2. The monoisotopic (exact) mass is 251 g/mol. The Balaban J connectivity index is 1.84. The van der Waals surface area contributed by atoms with Gasteiger partial charge in [0.1, 0.15) is 5.78 Å². The van der Waals surface area contributed by atoms with Gasteiger partial charge in [-0.05, 0) is 49.5 Å². The number of benzene rings is 1. The van der Waals surface area contributed by atoms with Crippen LogP contribution in [0.2, 0.25) is 5.02 Å². The average Bonchev–Trinajstić information content (AvgIpc) is 2.30. The lowest BCUT2D eigenvalue weighted by molar-refractivity contribution is -0.119. The highest BCUT2D eigenvalue weighted by molar-refractivity contribution is 6.30. The molecule has 0 bridgehead atoms. The zero-order valence-electron chi connectivity index (χ0n) is 9.92. The van der Waals surface area contributed by atoms with Crippen molar-refractivity contribution in [3.8, 4) is 0 Å². The molecule has 0 atom stereocenters. The summed E-state index contributed by atoms with van der Waals surface area (Å²) in [6, 6.07) is 7.58. The first-order chi connectivity index (χ1) is 8.24. The van der Waals surface area contributed by atoms with Crippen LogP contribution in [0.3, 0.4) is 0 Å². The number of nitrogens with one attached hydrogen (secondary N) is 1. The molecule has 3 heteroatoms. The molecule has 0 aromatic heterocycles. The molecule has 0 aliphatic carbocycles. The topological polar surface area (TPSA) is 29.1 Å². The van der Waals surface area contributed by atoms with Gasteiger partial charge in [-0.3, -0.25) is 4.79 Å². The van der Waals surface area contributed by atoms with Crippen molar-refractivity contribution in [2.45, 2.75) is 25.7 Å². The summed E-state index contributed by atoms with van der Waals surface area (Å²) < 4.78 is 0. The number of carbonyl (C=O) groups excluding carboxylic acids is 1. The summed E-state index contributed by atoms with van der Waals surface area (Å²) in [7, 11) is 0. The van der Waals surface area contributed by atoms with Crippen LogP contribution in [0, 0.1) is 5.92 Å². The number of piperidine rings is 1. The normalized spacial score (nSPS) is 17.0. The van der Waals surface area contributed by atoms with Crippen molar-refractivity contribution in [1.82, 2.24) is 5.32 Å². The van der Waals surface area contributed by atoms with Crippen LogP contribution in [0.25, 0.3) is 0 Å². The molecule has 1 aromatic rings. The summed E-state index contributed by atoms with van der Waals surface area (Å²) in [6.45, 7) is 2.10. The van der Waals surface area contributed by atoms with Gasteiger partial charge in [0.15, 0.2) is 0 Å². The maximum atomic E-state index is 11.9. The van der Waals surface area contributed by atoms with Crippen LogP contribution in [-0.4, -0.2) is 18.9 Å². The fourth-order valence-electron chi connectivity index (χ4n) is 2.35. The van der Waals surface area contributed by atoms with Crippen molar-refractivity contribution < 1.29 is 4.79 Å². The molecule has 1 fully saturated rings. The Bertz CT molecular complexity index is 386. The molecule has 1 saturated heterocycles. The summed E-state index contributed by atoms with van der Waals surface area (Å²) >= 11 is 5.90. The van der Waals surface area contributed by atoms with Gasteiger partial charge in [0.2, 0.25) is 0 Å². The zero-order valence-corrected chi connectivity index (χ0v) is 10.7. The van der Waals surface area contributed by atoms with Crippen LogP contribution < -0.4 is 5.32 Å². The number of Topliss-reactive ketones (excluding diaryl/α,β-unsaturated/α-hetero) is 1. The van der Waals surface area contributed by atoms with E-state index in [2.05, 4.69) is 5.32 Å². The van der Waals surface area contributed by atoms with E-state index >= 15 is 0 Å². The van der Waals surface area contributed by atoms with Crippen molar-refractivity contribution in [2.75, 3.05) is 13.1 Å². The lowest BCUT2D eigenvalue weighted by atomic mass is 9.91. The molecule has 1 N–H and O–H groups in total. The number of hydrogen-bond acceptors (Lipinski definition) is 2. The van der Waals surface area contributed by atoms with Crippen molar-refractivity contribution in [3.05, 3.63) is 34.9 Å². The summed E-state index contributed by atoms with van der Waals surface area (Å²) in [5.74, 6) is 0.905. The van der Waals surface area contributed by atoms with Crippen LogP contribution in [0.15, 0.2) is 24.3 Å². The Hall–Kier alpha value is -0.860. The maximum Gasteiger partial charge on any atom is 0.137 e. The quantitative estimate of drug-likeness (QED) is 0.892. The Morgan fingerprint density at radius 1 is 1.35 bits per heavy atom. The molecule has 0 amide bonds. The molecule has 0 radical (unpaired) electrons. The van der Waals surface area contributed by atoms with E-state index in [1.165, 1.54) is 0 Å². The minimum absolute atomic E-state index is 0.333. The highest BCUT2D eigenvalue weighted by Crippen LogP contribution is 2.18. The van der Waals surface area contributed by atoms with Crippen molar-refractivity contribution in [2.24, 2.45) is 5.92 Å². The van der Waals surface area contributed by atoms with Gasteiger partial charge in [-0.1, -0.05) is 23.7 Å². The molecule has 1 aromatic carbocycles. The molecule has 1 aliphatic rings. The van der Waals surface area contributed by atoms with E-state index < -0.39 is 0 Å². The van der Waals surface area contributed by atoms with Gasteiger partial charge in [0.25, 0.3) is 0 Å². The minimum atomic E-state index is 0.333. The van der Waals surface area contributed by atoms with Gasteiger partial charge in [-0.25, -0.2) is 0 Å². The summed E-state index contributed by atoms with van der Waals surface area (Å²) in [5, 5.41) is 4.02. The van der Waals surface area contributed by atoms with E-state index in [0.29, 0.717) is 29.6 Å². The minimum Gasteiger partial charge on any atom is -0.317 e. The number of carbonyl (C=O) groups is 1. The first-order valence-electron chi connectivity index (χ1n) is 6.21. The first kappa shape index (κ1) is 12.6. The van der Waals surface area contributed by atoms with Crippen LogP contribution in [0.1, 0.15) is 24.8 Å². The molecule has 1 aliphatic heterocycles. The smallest absolute Gasteiger partial charge is 0.137 e. The Morgan fingerprint density at radius 3 is 2.82 bits per heavy atom. The molecule has 0 saturated carbocycles. The highest BCUT2D eigenvalue weighted by atomic mass is 35.5. The maximum absolute atomic E-state index is 11.9. The fraction of sp³-hybridized carbons (Fsp3) is 0.500. The Labute approximate surface area is 107 Å². The Kier molecular flexibility index (Phi) is 4.57. The molecule has 2 rings (SSSR count). The van der Waals surface area contributed by atoms with E-state index in [1.54, 1.807) is 0 Å². The van der Waals surface area contributed by atoms with Crippen molar-refractivity contribution in [3.63, 3.8) is 0 Å². The van der Waals surface area contributed by atoms with E-state index in [9.17, 15) is 4.79 Å². The lowest BCUT2D eigenvalue weighted by Gasteiger charge is -2.21. The predicted molar refractivity (Wildman–Crippen MR) is 70.4 cm³/mol. The van der Waals surface area contributed by atoms with Crippen LogP contribution in [-0.2, 0) is 11.2 Å². The number of rotatable bonds is 4. The van der Waals surface area contributed by atoms with Gasteiger partial charge < -0.3 is 5.32 Å². The second kappa shape index (κ2) is 6.18. The molecule has 92 valence electrons. The molecule has 2 nitrogen and oxygen atoms in total. The lowest BCUT2D eigenvalue weighted by Crippen LogP contribution is -2.29.